The molecule has 0 radical (unpaired) electrons. The van der Waals surface area contributed by atoms with Gasteiger partial charge in [-0.25, -0.2) is 0 Å². The van der Waals surface area contributed by atoms with Crippen molar-refractivity contribution in [1.29, 1.82) is 0 Å². The van der Waals surface area contributed by atoms with Crippen LogP contribution in [0.2, 0.25) is 0 Å². The van der Waals surface area contributed by atoms with Crippen LogP contribution in [0.3, 0.4) is 0 Å². The van der Waals surface area contributed by atoms with Crippen molar-refractivity contribution in [3.8, 4) is 0 Å². The van der Waals surface area contributed by atoms with Gasteiger partial charge in [-0.1, -0.05) is 11.2 Å². The highest BCUT2D eigenvalue weighted by Gasteiger charge is 2.34. The van der Waals surface area contributed by atoms with Gasteiger partial charge >= 0.3 is 0 Å². The van der Waals surface area contributed by atoms with Crippen molar-refractivity contribution < 1.29 is 9.32 Å². The van der Waals surface area contributed by atoms with Gasteiger partial charge in [0.1, 0.15) is 5.76 Å². The Bertz CT molecular complexity index is 902. The van der Waals surface area contributed by atoms with Crippen molar-refractivity contribution in [2.45, 2.75) is 32.7 Å². The SMILES string of the molecule is Cc1noc(C)c1[C@@H]1CCCN1C(=O)c1ccc2ccn(C)c2c1. The molecule has 0 unspecified atom stereocenters. The first-order valence-corrected chi connectivity index (χ1v) is 8.35. The van der Waals surface area contributed by atoms with Crippen LogP contribution in [0.4, 0.5) is 0 Å². The largest absolute Gasteiger partial charge is 0.361 e. The van der Waals surface area contributed by atoms with Crippen LogP contribution < -0.4 is 0 Å². The Hall–Kier alpha value is -2.56. The number of rotatable bonds is 2. The zero-order valence-electron chi connectivity index (χ0n) is 14.2. The molecular formula is C19H21N3O2. The van der Waals surface area contributed by atoms with Crippen LogP contribution in [0, 0.1) is 13.8 Å². The zero-order chi connectivity index (χ0) is 16.8. The summed E-state index contributed by atoms with van der Waals surface area (Å²) in [5.74, 6) is 0.899. The molecule has 5 heteroatoms. The predicted octanol–water partition coefficient (Wildman–Crippen LogP) is 3.76. The van der Waals surface area contributed by atoms with Crippen LogP contribution in [0.25, 0.3) is 10.9 Å². The quantitative estimate of drug-likeness (QED) is 0.721. The molecule has 1 amide bonds. The van der Waals surface area contributed by atoms with E-state index in [0.717, 1.165) is 52.9 Å². The highest BCUT2D eigenvalue weighted by Crippen LogP contribution is 2.36. The smallest absolute Gasteiger partial charge is 0.254 e. The molecule has 3 aromatic rings. The minimum Gasteiger partial charge on any atom is -0.361 e. The molecule has 1 aliphatic rings. The molecule has 0 saturated carbocycles. The van der Waals surface area contributed by atoms with E-state index < -0.39 is 0 Å². The summed E-state index contributed by atoms with van der Waals surface area (Å²) in [5, 5.41) is 5.21. The Morgan fingerprint density at radius 1 is 1.29 bits per heavy atom. The Morgan fingerprint density at radius 2 is 2.12 bits per heavy atom. The van der Waals surface area contributed by atoms with Gasteiger partial charge in [-0.05, 0) is 50.3 Å². The number of likely N-dealkylation sites (tertiary alicyclic amines) is 1. The van der Waals surface area contributed by atoms with Crippen molar-refractivity contribution in [1.82, 2.24) is 14.6 Å². The fourth-order valence-corrected chi connectivity index (χ4v) is 3.84. The Morgan fingerprint density at radius 3 is 2.88 bits per heavy atom. The maximum absolute atomic E-state index is 13.1. The van der Waals surface area contributed by atoms with E-state index in [-0.39, 0.29) is 11.9 Å². The fourth-order valence-electron chi connectivity index (χ4n) is 3.84. The lowest BCUT2D eigenvalue weighted by Crippen LogP contribution is -2.31. The highest BCUT2D eigenvalue weighted by molar-refractivity contribution is 5.98. The lowest BCUT2D eigenvalue weighted by Gasteiger charge is -2.25. The van der Waals surface area contributed by atoms with Gasteiger partial charge in [0.15, 0.2) is 0 Å². The number of amides is 1. The van der Waals surface area contributed by atoms with Crippen molar-refractivity contribution in [3.63, 3.8) is 0 Å². The van der Waals surface area contributed by atoms with E-state index in [9.17, 15) is 4.79 Å². The molecule has 2 aromatic heterocycles. The second-order valence-electron chi connectivity index (χ2n) is 6.59. The molecule has 1 saturated heterocycles. The van der Waals surface area contributed by atoms with E-state index in [4.69, 9.17) is 4.52 Å². The first kappa shape index (κ1) is 15.0. The number of benzene rings is 1. The van der Waals surface area contributed by atoms with E-state index in [1.807, 2.05) is 54.8 Å². The molecular weight excluding hydrogens is 302 g/mol. The molecule has 1 aliphatic heterocycles. The van der Waals surface area contributed by atoms with E-state index in [2.05, 4.69) is 11.2 Å². The summed E-state index contributed by atoms with van der Waals surface area (Å²) in [5.41, 5.74) is 3.77. The number of nitrogens with zero attached hydrogens (tertiary/aromatic N) is 3. The summed E-state index contributed by atoms with van der Waals surface area (Å²) in [6.45, 7) is 4.65. The molecule has 0 bridgehead atoms. The van der Waals surface area contributed by atoms with Crippen molar-refractivity contribution >= 4 is 16.8 Å². The molecule has 124 valence electrons. The van der Waals surface area contributed by atoms with Gasteiger partial charge < -0.3 is 14.0 Å². The second-order valence-corrected chi connectivity index (χ2v) is 6.59. The standard InChI is InChI=1S/C19H21N3O2/c1-12-18(13(2)24-20-12)16-5-4-9-22(16)19(23)15-7-6-14-8-10-21(3)17(14)11-15/h6-8,10-11,16H,4-5,9H2,1-3H3/t16-/m0/s1. The van der Waals surface area contributed by atoms with Gasteiger partial charge in [-0.3, -0.25) is 4.79 Å². The maximum Gasteiger partial charge on any atom is 0.254 e. The monoisotopic (exact) mass is 323 g/mol. The third-order valence-corrected chi connectivity index (χ3v) is 5.07. The molecule has 5 nitrogen and oxygen atoms in total. The predicted molar refractivity (Wildman–Crippen MR) is 91.9 cm³/mol. The van der Waals surface area contributed by atoms with Crippen molar-refractivity contribution in [2.75, 3.05) is 6.54 Å². The minimum absolute atomic E-state index is 0.0628. The van der Waals surface area contributed by atoms with Crippen molar-refractivity contribution in [2.24, 2.45) is 7.05 Å². The molecule has 1 atom stereocenters. The van der Waals surface area contributed by atoms with E-state index in [1.54, 1.807) is 0 Å². The van der Waals surface area contributed by atoms with Gasteiger partial charge in [-0.2, -0.15) is 0 Å². The zero-order valence-corrected chi connectivity index (χ0v) is 14.2. The number of aryl methyl sites for hydroxylation is 3. The van der Waals surface area contributed by atoms with Crippen LogP contribution in [-0.2, 0) is 7.05 Å². The molecule has 1 aromatic carbocycles. The molecule has 3 heterocycles. The Kier molecular flexibility index (Phi) is 3.44. The third-order valence-electron chi connectivity index (χ3n) is 5.07. The number of hydrogen-bond donors (Lipinski definition) is 0. The molecule has 0 N–H and O–H groups in total. The van der Waals surface area contributed by atoms with E-state index >= 15 is 0 Å². The Labute approximate surface area is 140 Å². The number of fused-ring (bicyclic) bond motifs is 1. The first-order chi connectivity index (χ1) is 11.6. The maximum atomic E-state index is 13.1. The molecule has 0 spiro atoms. The molecule has 1 fully saturated rings. The number of carbonyl (C=O) groups is 1. The van der Waals surface area contributed by atoms with E-state index in [0.29, 0.717) is 0 Å². The van der Waals surface area contributed by atoms with Gasteiger partial charge in [0.2, 0.25) is 0 Å². The van der Waals surface area contributed by atoms with Crippen LogP contribution >= 0.6 is 0 Å². The lowest BCUT2D eigenvalue weighted by atomic mass is 10.0. The van der Waals surface area contributed by atoms with Crippen LogP contribution in [-0.4, -0.2) is 27.1 Å². The van der Waals surface area contributed by atoms with Gasteiger partial charge in [0.25, 0.3) is 5.91 Å². The summed E-state index contributed by atoms with van der Waals surface area (Å²) in [7, 11) is 2.00. The van der Waals surface area contributed by atoms with Gasteiger partial charge in [0.05, 0.1) is 11.7 Å². The number of aromatic nitrogens is 2. The molecule has 4 rings (SSSR count). The normalized spacial score (nSPS) is 17.8. The number of hydrogen-bond acceptors (Lipinski definition) is 3. The van der Waals surface area contributed by atoms with Gasteiger partial charge in [-0.15, -0.1) is 0 Å². The highest BCUT2D eigenvalue weighted by atomic mass is 16.5. The topological polar surface area (TPSA) is 51.3 Å². The van der Waals surface area contributed by atoms with Crippen LogP contribution in [0.5, 0.6) is 0 Å². The second kappa shape index (κ2) is 5.51. The fraction of sp³-hybridized carbons (Fsp3) is 0.368. The Balaban J connectivity index is 1.70. The molecule has 24 heavy (non-hydrogen) atoms. The summed E-state index contributed by atoms with van der Waals surface area (Å²) < 4.78 is 7.36. The molecule has 0 aliphatic carbocycles. The minimum atomic E-state index is 0.0628. The van der Waals surface area contributed by atoms with Crippen molar-refractivity contribution in [3.05, 3.63) is 53.0 Å². The van der Waals surface area contributed by atoms with Crippen LogP contribution in [0.1, 0.15) is 46.3 Å². The summed E-state index contributed by atoms with van der Waals surface area (Å²) in [6, 6.07) is 8.05. The van der Waals surface area contributed by atoms with Crippen LogP contribution in [0.15, 0.2) is 35.0 Å². The number of carbonyl (C=O) groups excluding carboxylic acids is 1. The van der Waals surface area contributed by atoms with Gasteiger partial charge in [0, 0.05) is 36.4 Å². The summed E-state index contributed by atoms with van der Waals surface area (Å²) in [4.78, 5) is 15.1. The summed E-state index contributed by atoms with van der Waals surface area (Å²) in [6.07, 6.45) is 3.98. The third kappa shape index (κ3) is 2.23. The lowest BCUT2D eigenvalue weighted by molar-refractivity contribution is 0.0735. The average Bonchev–Trinajstić information content (AvgIpc) is 3.27. The average molecular weight is 323 g/mol. The van der Waals surface area contributed by atoms with E-state index in [1.165, 1.54) is 0 Å². The first-order valence-electron chi connectivity index (χ1n) is 8.35. The summed E-state index contributed by atoms with van der Waals surface area (Å²) >= 11 is 0.